The van der Waals surface area contributed by atoms with Crippen molar-refractivity contribution in [2.45, 2.75) is 37.1 Å². The van der Waals surface area contributed by atoms with Gasteiger partial charge in [-0.1, -0.05) is 42.5 Å². The van der Waals surface area contributed by atoms with Crippen LogP contribution in [-0.2, 0) is 16.4 Å². The van der Waals surface area contributed by atoms with Crippen LogP contribution >= 0.6 is 0 Å². The van der Waals surface area contributed by atoms with Gasteiger partial charge in [-0.05, 0) is 73.2 Å². The molecular weight excluding hydrogens is 408 g/mol. The molecule has 1 N–H and O–H groups in total. The maximum atomic E-state index is 13.2. The summed E-state index contributed by atoms with van der Waals surface area (Å²) in [7, 11) is -2.27. The van der Waals surface area contributed by atoms with E-state index in [1.165, 1.54) is 29.0 Å². The Balaban J connectivity index is 1.58. The third-order valence-corrected chi connectivity index (χ3v) is 7.58. The molecular formula is C25H26N2O3S. The predicted octanol–water partition coefficient (Wildman–Crippen LogP) is 4.63. The normalized spacial score (nSPS) is 15.7. The second-order valence-electron chi connectivity index (χ2n) is 7.96. The number of benzene rings is 3. The SMILES string of the molecule is Cc1cccc(N(C)S(=O)(=O)c2cccc(C(=O)N[C@@H]3CCCc4ccccc43)c2)c1. The average Bonchev–Trinajstić information content (AvgIpc) is 2.79. The molecule has 6 heteroatoms. The fourth-order valence-corrected chi connectivity index (χ4v) is 5.30. The summed E-state index contributed by atoms with van der Waals surface area (Å²) in [5, 5.41) is 3.09. The number of hydrogen-bond acceptors (Lipinski definition) is 3. The summed E-state index contributed by atoms with van der Waals surface area (Å²) in [5.74, 6) is -0.267. The van der Waals surface area contributed by atoms with Gasteiger partial charge in [-0.2, -0.15) is 0 Å². The summed E-state index contributed by atoms with van der Waals surface area (Å²) in [6.45, 7) is 1.92. The van der Waals surface area contributed by atoms with Crippen LogP contribution in [0.4, 0.5) is 5.69 Å². The lowest BCUT2D eigenvalue weighted by atomic mass is 9.87. The van der Waals surface area contributed by atoms with Crippen LogP contribution in [-0.4, -0.2) is 21.4 Å². The molecule has 1 aliphatic carbocycles. The smallest absolute Gasteiger partial charge is 0.264 e. The number of sulfonamides is 1. The van der Waals surface area contributed by atoms with Crippen LogP contribution in [0.15, 0.2) is 77.7 Å². The van der Waals surface area contributed by atoms with Crippen LogP contribution in [0.3, 0.4) is 0 Å². The summed E-state index contributed by atoms with van der Waals surface area (Å²) < 4.78 is 27.6. The van der Waals surface area contributed by atoms with E-state index in [0.29, 0.717) is 11.3 Å². The van der Waals surface area contributed by atoms with Gasteiger partial charge in [0, 0.05) is 12.6 Å². The molecule has 31 heavy (non-hydrogen) atoms. The van der Waals surface area contributed by atoms with E-state index in [1.54, 1.807) is 18.2 Å². The first-order chi connectivity index (χ1) is 14.9. The van der Waals surface area contributed by atoms with E-state index in [1.807, 2.05) is 37.3 Å². The summed E-state index contributed by atoms with van der Waals surface area (Å²) >= 11 is 0. The summed E-state index contributed by atoms with van der Waals surface area (Å²) in [5.41, 5.74) is 4.29. The maximum absolute atomic E-state index is 13.2. The Kier molecular flexibility index (Phi) is 5.83. The number of nitrogens with one attached hydrogen (secondary N) is 1. The first-order valence-electron chi connectivity index (χ1n) is 10.4. The third-order valence-electron chi connectivity index (χ3n) is 5.79. The lowest BCUT2D eigenvalue weighted by Gasteiger charge is -2.26. The van der Waals surface area contributed by atoms with Crippen LogP contribution < -0.4 is 9.62 Å². The van der Waals surface area contributed by atoms with Gasteiger partial charge < -0.3 is 5.32 Å². The molecule has 0 aliphatic heterocycles. The molecule has 0 radical (unpaired) electrons. The lowest BCUT2D eigenvalue weighted by Crippen LogP contribution is -2.31. The van der Waals surface area contributed by atoms with Crippen molar-refractivity contribution in [2.75, 3.05) is 11.4 Å². The molecule has 4 rings (SSSR count). The highest BCUT2D eigenvalue weighted by molar-refractivity contribution is 7.92. The van der Waals surface area contributed by atoms with E-state index in [9.17, 15) is 13.2 Å². The van der Waals surface area contributed by atoms with E-state index >= 15 is 0 Å². The van der Waals surface area contributed by atoms with Crippen molar-refractivity contribution >= 4 is 21.6 Å². The van der Waals surface area contributed by atoms with Crippen molar-refractivity contribution in [1.82, 2.24) is 5.32 Å². The number of fused-ring (bicyclic) bond motifs is 1. The molecule has 160 valence electrons. The maximum Gasteiger partial charge on any atom is 0.264 e. The van der Waals surface area contributed by atoms with Gasteiger partial charge >= 0.3 is 0 Å². The zero-order valence-electron chi connectivity index (χ0n) is 17.7. The summed E-state index contributed by atoms with van der Waals surface area (Å²) in [4.78, 5) is 13.1. The zero-order valence-corrected chi connectivity index (χ0v) is 18.5. The molecule has 0 saturated carbocycles. The molecule has 0 saturated heterocycles. The molecule has 3 aromatic rings. The van der Waals surface area contributed by atoms with Gasteiger partial charge in [0.2, 0.25) is 0 Å². The Morgan fingerprint density at radius 3 is 2.58 bits per heavy atom. The topological polar surface area (TPSA) is 66.5 Å². The van der Waals surface area contributed by atoms with Crippen molar-refractivity contribution in [2.24, 2.45) is 0 Å². The van der Waals surface area contributed by atoms with Crippen molar-refractivity contribution in [3.05, 3.63) is 95.1 Å². The fraction of sp³-hybridized carbons (Fsp3) is 0.240. The van der Waals surface area contributed by atoms with Crippen molar-refractivity contribution in [3.8, 4) is 0 Å². The van der Waals surface area contributed by atoms with E-state index in [-0.39, 0.29) is 16.8 Å². The molecule has 0 fully saturated rings. The first-order valence-corrected chi connectivity index (χ1v) is 11.8. The van der Waals surface area contributed by atoms with Crippen LogP contribution in [0.25, 0.3) is 0 Å². The van der Waals surface area contributed by atoms with Gasteiger partial charge in [0.15, 0.2) is 0 Å². The highest BCUT2D eigenvalue weighted by atomic mass is 32.2. The first kappa shape index (κ1) is 21.1. The predicted molar refractivity (Wildman–Crippen MR) is 123 cm³/mol. The molecule has 1 atom stereocenters. The minimum Gasteiger partial charge on any atom is -0.345 e. The highest BCUT2D eigenvalue weighted by Gasteiger charge is 2.25. The average molecular weight is 435 g/mol. The van der Waals surface area contributed by atoms with Crippen LogP contribution in [0.1, 0.15) is 45.9 Å². The number of nitrogens with zero attached hydrogens (tertiary/aromatic N) is 1. The lowest BCUT2D eigenvalue weighted by molar-refractivity contribution is 0.0932. The minimum atomic E-state index is -3.79. The number of rotatable bonds is 5. The van der Waals surface area contributed by atoms with E-state index in [4.69, 9.17) is 0 Å². The largest absolute Gasteiger partial charge is 0.345 e. The summed E-state index contributed by atoms with van der Waals surface area (Å²) in [6.07, 6.45) is 2.90. The molecule has 0 spiro atoms. The Labute approximate surface area is 183 Å². The monoisotopic (exact) mass is 434 g/mol. The Hall–Kier alpha value is -3.12. The van der Waals surface area contributed by atoms with Crippen LogP contribution in [0.2, 0.25) is 0 Å². The molecule has 0 unspecified atom stereocenters. The third kappa shape index (κ3) is 4.35. The fourth-order valence-electron chi connectivity index (χ4n) is 4.06. The standard InChI is InChI=1S/C25H26N2O3S/c1-18-8-5-12-21(16-18)27(2)31(29,30)22-13-6-11-20(17-22)25(28)26-24-15-7-10-19-9-3-4-14-23(19)24/h3-6,8-9,11-14,16-17,24H,7,10,15H2,1-2H3,(H,26,28)/t24-/m1/s1. The van der Waals surface area contributed by atoms with Gasteiger partial charge in [0.05, 0.1) is 16.6 Å². The quantitative estimate of drug-likeness (QED) is 0.637. The van der Waals surface area contributed by atoms with Crippen LogP contribution in [0.5, 0.6) is 0 Å². The molecule has 1 aliphatic rings. The minimum absolute atomic E-state index is 0.0623. The molecule has 0 heterocycles. The molecule has 5 nitrogen and oxygen atoms in total. The molecule has 0 aromatic heterocycles. The van der Waals surface area contributed by atoms with Gasteiger partial charge in [-0.15, -0.1) is 0 Å². The van der Waals surface area contributed by atoms with Gasteiger partial charge in [-0.3, -0.25) is 9.10 Å². The molecule has 3 aromatic carbocycles. The zero-order chi connectivity index (χ0) is 22.0. The van der Waals surface area contributed by atoms with Crippen molar-refractivity contribution in [3.63, 3.8) is 0 Å². The van der Waals surface area contributed by atoms with Gasteiger partial charge in [0.25, 0.3) is 15.9 Å². The number of amides is 1. The van der Waals surface area contributed by atoms with E-state index in [0.717, 1.165) is 30.4 Å². The van der Waals surface area contributed by atoms with Crippen molar-refractivity contribution in [1.29, 1.82) is 0 Å². The van der Waals surface area contributed by atoms with E-state index < -0.39 is 10.0 Å². The molecule has 1 amide bonds. The number of carbonyl (C=O) groups is 1. The molecule has 0 bridgehead atoms. The second-order valence-corrected chi connectivity index (χ2v) is 9.93. The number of aryl methyl sites for hydroxylation is 2. The van der Waals surface area contributed by atoms with Crippen molar-refractivity contribution < 1.29 is 13.2 Å². The van der Waals surface area contributed by atoms with Gasteiger partial charge in [0.1, 0.15) is 0 Å². The summed E-state index contributed by atoms with van der Waals surface area (Å²) in [6, 6.07) is 21.6. The Morgan fingerprint density at radius 1 is 1.00 bits per heavy atom. The number of anilines is 1. The Morgan fingerprint density at radius 2 is 1.77 bits per heavy atom. The second kappa shape index (κ2) is 8.55. The van der Waals surface area contributed by atoms with Crippen LogP contribution in [0, 0.1) is 6.92 Å². The number of hydrogen-bond donors (Lipinski definition) is 1. The van der Waals surface area contributed by atoms with Gasteiger partial charge in [-0.25, -0.2) is 8.42 Å². The number of carbonyl (C=O) groups excluding carboxylic acids is 1. The highest BCUT2D eigenvalue weighted by Crippen LogP contribution is 2.30. The Bertz CT molecular complexity index is 1220. The van der Waals surface area contributed by atoms with E-state index in [2.05, 4.69) is 17.4 Å².